The van der Waals surface area contributed by atoms with Crippen molar-refractivity contribution < 1.29 is 9.53 Å². The van der Waals surface area contributed by atoms with Crippen LogP contribution in [0.4, 0.5) is 10.5 Å². The van der Waals surface area contributed by atoms with Crippen molar-refractivity contribution >= 4 is 23.3 Å². The lowest BCUT2D eigenvalue weighted by molar-refractivity contribution is 0.252. The SMILES string of the molecule is COc1ccccc1NC(=O)NCCCc1ccccc1Cl. The molecule has 22 heavy (non-hydrogen) atoms. The molecule has 0 heterocycles. The number of ether oxygens (including phenoxy) is 1. The Morgan fingerprint density at radius 3 is 2.64 bits per heavy atom. The molecule has 0 aliphatic heterocycles. The van der Waals surface area contributed by atoms with Crippen LogP contribution in [-0.2, 0) is 6.42 Å². The van der Waals surface area contributed by atoms with Crippen molar-refractivity contribution in [3.05, 3.63) is 59.1 Å². The number of benzene rings is 2. The van der Waals surface area contributed by atoms with Crippen LogP contribution in [0.5, 0.6) is 5.75 Å². The number of anilines is 1. The van der Waals surface area contributed by atoms with Crippen LogP contribution in [0.2, 0.25) is 5.02 Å². The van der Waals surface area contributed by atoms with Crippen LogP contribution in [0.25, 0.3) is 0 Å². The summed E-state index contributed by atoms with van der Waals surface area (Å²) in [5.41, 5.74) is 1.74. The van der Waals surface area contributed by atoms with Crippen molar-refractivity contribution in [1.82, 2.24) is 5.32 Å². The van der Waals surface area contributed by atoms with Crippen LogP contribution in [-0.4, -0.2) is 19.7 Å². The van der Waals surface area contributed by atoms with Gasteiger partial charge in [0.15, 0.2) is 0 Å². The van der Waals surface area contributed by atoms with E-state index in [1.165, 1.54) is 0 Å². The van der Waals surface area contributed by atoms with Crippen molar-refractivity contribution in [2.75, 3.05) is 19.0 Å². The van der Waals surface area contributed by atoms with Gasteiger partial charge >= 0.3 is 6.03 Å². The summed E-state index contributed by atoms with van der Waals surface area (Å²) in [6, 6.07) is 14.8. The van der Waals surface area contributed by atoms with Gasteiger partial charge in [-0.3, -0.25) is 0 Å². The van der Waals surface area contributed by atoms with E-state index in [1.807, 2.05) is 36.4 Å². The highest BCUT2D eigenvalue weighted by Gasteiger charge is 2.06. The van der Waals surface area contributed by atoms with E-state index in [0.29, 0.717) is 18.0 Å². The highest BCUT2D eigenvalue weighted by Crippen LogP contribution is 2.22. The Bertz CT molecular complexity index is 632. The van der Waals surface area contributed by atoms with E-state index in [0.717, 1.165) is 23.4 Å². The minimum atomic E-state index is -0.247. The van der Waals surface area contributed by atoms with Gasteiger partial charge in [-0.05, 0) is 36.6 Å². The molecule has 0 saturated carbocycles. The fourth-order valence-corrected chi connectivity index (χ4v) is 2.33. The minimum absolute atomic E-state index is 0.247. The molecule has 116 valence electrons. The summed E-state index contributed by atoms with van der Waals surface area (Å²) in [5.74, 6) is 0.633. The second-order valence-corrected chi connectivity index (χ2v) is 5.18. The Kier molecular flexibility index (Phi) is 6.10. The number of halogens is 1. The molecule has 2 aromatic carbocycles. The molecule has 0 bridgehead atoms. The van der Waals surface area contributed by atoms with Crippen LogP contribution >= 0.6 is 11.6 Å². The lowest BCUT2D eigenvalue weighted by Crippen LogP contribution is -2.29. The summed E-state index contributed by atoms with van der Waals surface area (Å²) in [6.45, 7) is 0.576. The number of methoxy groups -OCH3 is 1. The number of carbonyl (C=O) groups is 1. The van der Waals surface area contributed by atoms with Crippen LogP contribution in [0.15, 0.2) is 48.5 Å². The number of nitrogens with one attached hydrogen (secondary N) is 2. The number of amides is 2. The van der Waals surface area contributed by atoms with Crippen LogP contribution in [0.3, 0.4) is 0 Å². The average molecular weight is 319 g/mol. The van der Waals surface area contributed by atoms with Gasteiger partial charge < -0.3 is 15.4 Å². The second kappa shape index (κ2) is 8.29. The summed E-state index contributed by atoms with van der Waals surface area (Å²) in [7, 11) is 1.57. The number of para-hydroxylation sites is 2. The third kappa shape index (κ3) is 4.67. The van der Waals surface area contributed by atoms with Crippen molar-refractivity contribution in [2.45, 2.75) is 12.8 Å². The molecule has 0 spiro atoms. The Hall–Kier alpha value is -2.20. The van der Waals surface area contributed by atoms with Gasteiger partial charge in [0.25, 0.3) is 0 Å². The van der Waals surface area contributed by atoms with Gasteiger partial charge in [-0.15, -0.1) is 0 Å². The van der Waals surface area contributed by atoms with Gasteiger partial charge in [-0.25, -0.2) is 4.79 Å². The Labute approximate surface area is 135 Å². The zero-order chi connectivity index (χ0) is 15.8. The minimum Gasteiger partial charge on any atom is -0.495 e. The van der Waals surface area contributed by atoms with Gasteiger partial charge in [-0.1, -0.05) is 41.9 Å². The van der Waals surface area contributed by atoms with E-state index >= 15 is 0 Å². The van der Waals surface area contributed by atoms with Gasteiger partial charge in [0.2, 0.25) is 0 Å². The lowest BCUT2D eigenvalue weighted by atomic mass is 10.1. The van der Waals surface area contributed by atoms with Crippen LogP contribution in [0.1, 0.15) is 12.0 Å². The van der Waals surface area contributed by atoms with Gasteiger partial charge in [0.05, 0.1) is 12.8 Å². The molecule has 5 heteroatoms. The summed E-state index contributed by atoms with van der Waals surface area (Å²) >= 11 is 6.09. The first-order valence-corrected chi connectivity index (χ1v) is 7.50. The third-order valence-electron chi connectivity index (χ3n) is 3.22. The lowest BCUT2D eigenvalue weighted by Gasteiger charge is -2.11. The molecule has 0 aromatic heterocycles. The quantitative estimate of drug-likeness (QED) is 0.788. The Morgan fingerprint density at radius 2 is 1.86 bits per heavy atom. The molecule has 0 unspecified atom stereocenters. The zero-order valence-electron chi connectivity index (χ0n) is 12.4. The largest absolute Gasteiger partial charge is 0.495 e. The summed E-state index contributed by atoms with van der Waals surface area (Å²) in [4.78, 5) is 11.9. The Balaban J connectivity index is 1.75. The summed E-state index contributed by atoms with van der Waals surface area (Å²) < 4.78 is 5.19. The van der Waals surface area contributed by atoms with E-state index in [9.17, 15) is 4.79 Å². The van der Waals surface area contributed by atoms with E-state index < -0.39 is 0 Å². The van der Waals surface area contributed by atoms with Crippen molar-refractivity contribution in [2.24, 2.45) is 0 Å². The summed E-state index contributed by atoms with van der Waals surface area (Å²) in [5, 5.41) is 6.36. The van der Waals surface area contributed by atoms with E-state index in [4.69, 9.17) is 16.3 Å². The standard InChI is InChI=1S/C17H19ClN2O2/c1-22-16-11-5-4-10-15(16)20-17(21)19-12-6-8-13-7-2-3-9-14(13)18/h2-5,7,9-11H,6,8,12H2,1H3,(H2,19,20,21). The fourth-order valence-electron chi connectivity index (χ4n) is 2.10. The maximum absolute atomic E-state index is 11.9. The number of hydrogen-bond acceptors (Lipinski definition) is 2. The predicted molar refractivity (Wildman–Crippen MR) is 89.8 cm³/mol. The highest BCUT2D eigenvalue weighted by atomic mass is 35.5. The first kappa shape index (κ1) is 16.2. The van der Waals surface area contributed by atoms with Gasteiger partial charge in [-0.2, -0.15) is 0 Å². The molecule has 0 saturated heterocycles. The average Bonchev–Trinajstić information content (AvgIpc) is 2.53. The molecule has 2 aromatic rings. The van der Waals surface area contributed by atoms with Crippen molar-refractivity contribution in [3.63, 3.8) is 0 Å². The van der Waals surface area contributed by atoms with Crippen LogP contribution < -0.4 is 15.4 Å². The molecule has 0 aliphatic rings. The maximum Gasteiger partial charge on any atom is 0.319 e. The smallest absolute Gasteiger partial charge is 0.319 e. The van der Waals surface area contributed by atoms with Gasteiger partial charge in [0, 0.05) is 11.6 Å². The monoisotopic (exact) mass is 318 g/mol. The van der Waals surface area contributed by atoms with E-state index in [1.54, 1.807) is 19.2 Å². The van der Waals surface area contributed by atoms with Crippen molar-refractivity contribution in [1.29, 1.82) is 0 Å². The molecular formula is C17H19ClN2O2. The number of urea groups is 1. The second-order valence-electron chi connectivity index (χ2n) is 4.78. The summed E-state index contributed by atoms with van der Waals surface area (Å²) in [6.07, 6.45) is 1.65. The van der Waals surface area contributed by atoms with Crippen LogP contribution in [0, 0.1) is 0 Å². The fraction of sp³-hybridized carbons (Fsp3) is 0.235. The topological polar surface area (TPSA) is 50.4 Å². The Morgan fingerprint density at radius 1 is 1.14 bits per heavy atom. The van der Waals surface area contributed by atoms with Crippen molar-refractivity contribution in [3.8, 4) is 5.75 Å². The molecular weight excluding hydrogens is 300 g/mol. The molecule has 2 N–H and O–H groups in total. The number of hydrogen-bond donors (Lipinski definition) is 2. The molecule has 0 fully saturated rings. The highest BCUT2D eigenvalue weighted by molar-refractivity contribution is 6.31. The molecule has 0 aliphatic carbocycles. The van der Waals surface area contributed by atoms with Gasteiger partial charge in [0.1, 0.15) is 5.75 Å². The third-order valence-corrected chi connectivity index (χ3v) is 3.59. The maximum atomic E-state index is 11.9. The first-order chi connectivity index (χ1) is 10.7. The molecule has 0 radical (unpaired) electrons. The molecule has 2 rings (SSSR count). The van der Waals surface area contributed by atoms with E-state index in [2.05, 4.69) is 10.6 Å². The first-order valence-electron chi connectivity index (χ1n) is 7.12. The predicted octanol–water partition coefficient (Wildman–Crippen LogP) is 4.10. The molecule has 2 amide bonds. The zero-order valence-corrected chi connectivity index (χ0v) is 13.2. The number of carbonyl (C=O) groups excluding carboxylic acids is 1. The normalized spacial score (nSPS) is 10.1. The van der Waals surface area contributed by atoms with E-state index in [-0.39, 0.29) is 6.03 Å². The molecule has 4 nitrogen and oxygen atoms in total. The molecule has 0 atom stereocenters. The number of rotatable bonds is 6. The number of aryl methyl sites for hydroxylation is 1.